The van der Waals surface area contributed by atoms with Crippen LogP contribution in [0.2, 0.25) is 0 Å². The molecule has 0 spiro atoms. The number of aromatic amines is 1. The Kier molecular flexibility index (Phi) is 6.14. The summed E-state index contributed by atoms with van der Waals surface area (Å²) in [6, 6.07) is 12.1. The van der Waals surface area contributed by atoms with Crippen molar-refractivity contribution >= 4 is 26.7 Å². The van der Waals surface area contributed by atoms with Crippen LogP contribution in [0.15, 0.2) is 41.3 Å². The standard InChI is InChI=1S/C28H35N3O3S/c1-18-5-7-20(8-6-18)16-31-10-9-21(17-31)15-29-35(33,34)26-12-23-22(11-19(26)2)27-24(30-23)13-28(3,4)14-25(27)32/h5-8,11-12,21,29-30H,9-10,13-17H2,1-4H3/t21-/m0/s1. The van der Waals surface area contributed by atoms with Gasteiger partial charge in [-0.3, -0.25) is 9.69 Å². The number of hydrogen-bond donors (Lipinski definition) is 2. The lowest BCUT2D eigenvalue weighted by atomic mass is 9.76. The van der Waals surface area contributed by atoms with E-state index in [1.165, 1.54) is 11.1 Å². The van der Waals surface area contributed by atoms with Gasteiger partial charge >= 0.3 is 0 Å². The fourth-order valence-corrected chi connectivity index (χ4v) is 7.04. The molecule has 35 heavy (non-hydrogen) atoms. The molecule has 1 atom stereocenters. The molecule has 0 radical (unpaired) electrons. The Morgan fingerprint density at radius 3 is 2.60 bits per heavy atom. The van der Waals surface area contributed by atoms with Crippen molar-refractivity contribution < 1.29 is 13.2 Å². The van der Waals surface area contributed by atoms with Gasteiger partial charge in [0.1, 0.15) is 0 Å². The third kappa shape index (κ3) is 4.95. The van der Waals surface area contributed by atoms with E-state index >= 15 is 0 Å². The number of aryl methyl sites for hydroxylation is 2. The number of sulfonamides is 1. The maximum absolute atomic E-state index is 13.3. The molecule has 0 amide bonds. The Bertz CT molecular complexity index is 1390. The van der Waals surface area contributed by atoms with Gasteiger partial charge in [0.15, 0.2) is 5.78 Å². The monoisotopic (exact) mass is 493 g/mol. The predicted molar refractivity (Wildman–Crippen MR) is 139 cm³/mol. The summed E-state index contributed by atoms with van der Waals surface area (Å²) in [5.74, 6) is 0.420. The number of fused-ring (bicyclic) bond motifs is 3. The second-order valence-electron chi connectivity index (χ2n) is 11.3. The van der Waals surface area contributed by atoms with Gasteiger partial charge in [0.25, 0.3) is 0 Å². The molecule has 1 aromatic heterocycles. The van der Waals surface area contributed by atoms with Crippen LogP contribution in [0.4, 0.5) is 0 Å². The molecule has 1 fully saturated rings. The average Bonchev–Trinajstić information content (AvgIpc) is 3.36. The molecule has 2 aromatic carbocycles. The minimum atomic E-state index is -3.66. The zero-order valence-electron chi connectivity index (χ0n) is 21.1. The maximum atomic E-state index is 13.3. The number of ketones is 1. The number of Topliss-reactive ketones (excluding diaryl/α,β-unsaturated/α-hetero) is 1. The summed E-state index contributed by atoms with van der Waals surface area (Å²) >= 11 is 0. The first-order valence-electron chi connectivity index (χ1n) is 12.5. The average molecular weight is 494 g/mol. The van der Waals surface area contributed by atoms with Crippen LogP contribution < -0.4 is 4.72 Å². The SMILES string of the molecule is Cc1ccc(CN2CC[C@@H](CNS(=O)(=O)c3cc4[nH]c5c(c4cc3C)C(=O)CC(C)(C)C5)C2)cc1. The van der Waals surface area contributed by atoms with Crippen LogP contribution in [0.5, 0.6) is 0 Å². The summed E-state index contributed by atoms with van der Waals surface area (Å²) in [5, 5.41) is 0.833. The summed E-state index contributed by atoms with van der Waals surface area (Å²) in [4.78, 5) is 18.8. The molecule has 7 heteroatoms. The Labute approximate surface area is 208 Å². The number of carbonyl (C=O) groups excluding carboxylic acids is 1. The molecule has 186 valence electrons. The first-order chi connectivity index (χ1) is 16.5. The van der Waals surface area contributed by atoms with Crippen molar-refractivity contribution in [2.24, 2.45) is 11.3 Å². The lowest BCUT2D eigenvalue weighted by Crippen LogP contribution is -2.31. The van der Waals surface area contributed by atoms with E-state index in [2.05, 4.69) is 59.6 Å². The maximum Gasteiger partial charge on any atom is 0.240 e. The zero-order valence-corrected chi connectivity index (χ0v) is 21.9. The highest BCUT2D eigenvalue weighted by Crippen LogP contribution is 2.39. The number of nitrogens with one attached hydrogen (secondary N) is 2. The second-order valence-corrected chi connectivity index (χ2v) is 13.0. The molecule has 0 bridgehead atoms. The van der Waals surface area contributed by atoms with E-state index in [-0.39, 0.29) is 22.0 Å². The normalized spacial score (nSPS) is 20.5. The molecule has 2 aliphatic rings. The van der Waals surface area contributed by atoms with Crippen LogP contribution in [-0.4, -0.2) is 43.7 Å². The largest absolute Gasteiger partial charge is 0.358 e. The Morgan fingerprint density at radius 1 is 1.11 bits per heavy atom. The van der Waals surface area contributed by atoms with Gasteiger partial charge in [-0.2, -0.15) is 0 Å². The summed E-state index contributed by atoms with van der Waals surface area (Å²) in [5.41, 5.74) is 5.49. The lowest BCUT2D eigenvalue weighted by molar-refractivity contribution is 0.0913. The van der Waals surface area contributed by atoms with E-state index in [1.54, 1.807) is 6.07 Å². The number of nitrogens with zero attached hydrogens (tertiary/aromatic N) is 1. The van der Waals surface area contributed by atoms with Crippen LogP contribution in [0.3, 0.4) is 0 Å². The highest BCUT2D eigenvalue weighted by molar-refractivity contribution is 7.89. The van der Waals surface area contributed by atoms with Gasteiger partial charge in [0, 0.05) is 48.2 Å². The number of aromatic nitrogens is 1. The molecule has 1 aliphatic carbocycles. The number of H-pyrrole nitrogens is 1. The topological polar surface area (TPSA) is 82.3 Å². The van der Waals surface area contributed by atoms with Crippen molar-refractivity contribution in [3.63, 3.8) is 0 Å². The van der Waals surface area contributed by atoms with E-state index in [0.29, 0.717) is 18.5 Å². The van der Waals surface area contributed by atoms with Crippen molar-refractivity contribution in [2.45, 2.75) is 58.4 Å². The van der Waals surface area contributed by atoms with Gasteiger partial charge in [-0.1, -0.05) is 43.7 Å². The van der Waals surface area contributed by atoms with Gasteiger partial charge in [0.2, 0.25) is 10.0 Å². The van der Waals surface area contributed by atoms with E-state index in [0.717, 1.165) is 54.6 Å². The number of rotatable bonds is 6. The Hall–Kier alpha value is -2.48. The molecule has 0 saturated carbocycles. The lowest BCUT2D eigenvalue weighted by Gasteiger charge is -2.28. The summed E-state index contributed by atoms with van der Waals surface area (Å²) in [7, 11) is -3.66. The Balaban J connectivity index is 1.29. The third-order valence-electron chi connectivity index (χ3n) is 7.49. The second kappa shape index (κ2) is 8.87. The third-order valence-corrected chi connectivity index (χ3v) is 9.06. The summed E-state index contributed by atoms with van der Waals surface area (Å²) in [6.45, 7) is 11.3. The van der Waals surface area contributed by atoms with Crippen molar-refractivity contribution in [1.82, 2.24) is 14.6 Å². The van der Waals surface area contributed by atoms with Crippen LogP contribution in [0.1, 0.15) is 59.4 Å². The van der Waals surface area contributed by atoms with Gasteiger partial charge < -0.3 is 4.98 Å². The Morgan fingerprint density at radius 2 is 1.86 bits per heavy atom. The highest BCUT2D eigenvalue weighted by Gasteiger charge is 2.34. The molecule has 3 aromatic rings. The highest BCUT2D eigenvalue weighted by atomic mass is 32.2. The molecule has 6 nitrogen and oxygen atoms in total. The molecule has 2 N–H and O–H groups in total. The van der Waals surface area contributed by atoms with Crippen molar-refractivity contribution in [2.75, 3.05) is 19.6 Å². The fraction of sp³-hybridized carbons (Fsp3) is 0.464. The molecule has 1 saturated heterocycles. The molecular weight excluding hydrogens is 458 g/mol. The predicted octanol–water partition coefficient (Wildman–Crippen LogP) is 4.74. The number of benzene rings is 2. The van der Waals surface area contributed by atoms with Gasteiger partial charge in [-0.05, 0) is 67.8 Å². The van der Waals surface area contributed by atoms with Gasteiger partial charge in [-0.25, -0.2) is 13.1 Å². The molecule has 1 aliphatic heterocycles. The van der Waals surface area contributed by atoms with E-state index in [1.807, 2.05) is 13.0 Å². The first-order valence-corrected chi connectivity index (χ1v) is 13.9. The van der Waals surface area contributed by atoms with E-state index < -0.39 is 10.0 Å². The van der Waals surface area contributed by atoms with Crippen molar-refractivity contribution in [3.8, 4) is 0 Å². The number of hydrogen-bond acceptors (Lipinski definition) is 4. The number of carbonyl (C=O) groups is 1. The minimum Gasteiger partial charge on any atom is -0.358 e. The summed E-state index contributed by atoms with van der Waals surface area (Å²) in [6.07, 6.45) is 2.27. The van der Waals surface area contributed by atoms with Crippen LogP contribution in [0, 0.1) is 25.2 Å². The quantitative estimate of drug-likeness (QED) is 0.520. The summed E-state index contributed by atoms with van der Waals surface area (Å²) < 4.78 is 29.4. The van der Waals surface area contributed by atoms with Crippen molar-refractivity contribution in [3.05, 3.63) is 64.3 Å². The first kappa shape index (κ1) is 24.2. The molecule has 2 heterocycles. The minimum absolute atomic E-state index is 0.0922. The fourth-order valence-electron chi connectivity index (χ4n) is 5.67. The number of likely N-dealkylation sites (tertiary alicyclic amines) is 1. The zero-order chi connectivity index (χ0) is 25.0. The van der Waals surface area contributed by atoms with Crippen LogP contribution in [-0.2, 0) is 23.0 Å². The van der Waals surface area contributed by atoms with E-state index in [4.69, 9.17) is 0 Å². The van der Waals surface area contributed by atoms with Gasteiger partial charge in [0.05, 0.1) is 4.90 Å². The van der Waals surface area contributed by atoms with E-state index in [9.17, 15) is 13.2 Å². The van der Waals surface area contributed by atoms with Crippen LogP contribution in [0.25, 0.3) is 10.9 Å². The van der Waals surface area contributed by atoms with Crippen molar-refractivity contribution in [1.29, 1.82) is 0 Å². The molecular formula is C28H35N3O3S. The molecule has 5 rings (SSSR count). The smallest absolute Gasteiger partial charge is 0.240 e. The van der Waals surface area contributed by atoms with Crippen LogP contribution >= 0.6 is 0 Å². The van der Waals surface area contributed by atoms with Gasteiger partial charge in [-0.15, -0.1) is 0 Å². The molecule has 0 unspecified atom stereocenters.